The zero-order chi connectivity index (χ0) is 27.0. The zero-order valence-corrected chi connectivity index (χ0v) is 21.6. The summed E-state index contributed by atoms with van der Waals surface area (Å²) in [6.07, 6.45) is -1.24. The lowest BCUT2D eigenvalue weighted by Crippen LogP contribution is -2.51. The topological polar surface area (TPSA) is 72.6 Å². The molecule has 0 unspecified atom stereocenters. The van der Waals surface area contributed by atoms with E-state index in [0.717, 1.165) is 42.8 Å². The molecule has 1 saturated carbocycles. The fourth-order valence-corrected chi connectivity index (χ4v) is 5.72. The highest BCUT2D eigenvalue weighted by atomic mass is 19.4. The van der Waals surface area contributed by atoms with Crippen LogP contribution in [0.3, 0.4) is 0 Å². The lowest BCUT2D eigenvalue weighted by atomic mass is 9.81. The van der Waals surface area contributed by atoms with Crippen LogP contribution in [0.4, 0.5) is 19.0 Å². The largest absolute Gasteiger partial charge is 0.497 e. The number of alkyl halides is 3. The Morgan fingerprint density at radius 3 is 2.39 bits per heavy atom. The second kappa shape index (κ2) is 10.3. The summed E-state index contributed by atoms with van der Waals surface area (Å²) in [6.45, 7) is 2.42. The molecular formula is C27H32F3N5O3. The molecule has 1 aromatic carbocycles. The van der Waals surface area contributed by atoms with E-state index in [2.05, 4.69) is 4.98 Å². The average Bonchev–Trinajstić information content (AvgIpc) is 3.17. The molecule has 0 N–H and O–H groups in total. The van der Waals surface area contributed by atoms with Gasteiger partial charge in [0.25, 0.3) is 0 Å². The molecule has 5 rings (SSSR count). The molecule has 2 aromatic heterocycles. The van der Waals surface area contributed by atoms with Crippen molar-refractivity contribution in [2.45, 2.75) is 38.4 Å². The van der Waals surface area contributed by atoms with Crippen LogP contribution in [-0.2, 0) is 24.6 Å². The third kappa shape index (κ3) is 5.10. The first-order valence-corrected chi connectivity index (χ1v) is 13.0. The monoisotopic (exact) mass is 531 g/mol. The smallest absolute Gasteiger partial charge is 0.433 e. The summed E-state index contributed by atoms with van der Waals surface area (Å²) in [4.78, 5) is 33.5. The van der Waals surface area contributed by atoms with Crippen molar-refractivity contribution in [1.29, 1.82) is 0 Å². The van der Waals surface area contributed by atoms with E-state index in [1.165, 1.54) is 6.07 Å². The maximum absolute atomic E-state index is 13.2. The van der Waals surface area contributed by atoms with Crippen molar-refractivity contribution < 1.29 is 22.7 Å². The van der Waals surface area contributed by atoms with Crippen LogP contribution in [-0.4, -0.2) is 58.2 Å². The minimum atomic E-state index is -4.49. The first kappa shape index (κ1) is 26.1. The molecular weight excluding hydrogens is 499 g/mol. The maximum atomic E-state index is 13.2. The van der Waals surface area contributed by atoms with Crippen molar-refractivity contribution >= 4 is 22.8 Å². The number of halogens is 3. The van der Waals surface area contributed by atoms with E-state index in [0.29, 0.717) is 44.4 Å². The lowest BCUT2D eigenvalue weighted by molar-refractivity contribution is -0.141. The van der Waals surface area contributed by atoms with Crippen LogP contribution in [0.1, 0.15) is 31.4 Å². The summed E-state index contributed by atoms with van der Waals surface area (Å²) in [5, 5.41) is 0. The number of benzene rings is 1. The Morgan fingerprint density at radius 1 is 1.03 bits per heavy atom. The van der Waals surface area contributed by atoms with Crippen molar-refractivity contribution in [2.24, 2.45) is 18.9 Å². The van der Waals surface area contributed by atoms with Gasteiger partial charge in [-0.25, -0.2) is 9.78 Å². The van der Waals surface area contributed by atoms with Gasteiger partial charge in [-0.15, -0.1) is 0 Å². The number of anilines is 1. The number of imidazole rings is 1. The molecule has 0 radical (unpaired) electrons. The van der Waals surface area contributed by atoms with Gasteiger partial charge in [-0.3, -0.25) is 13.9 Å². The third-order valence-corrected chi connectivity index (χ3v) is 7.93. The molecule has 3 heterocycles. The van der Waals surface area contributed by atoms with E-state index in [9.17, 15) is 22.8 Å². The van der Waals surface area contributed by atoms with Crippen LogP contribution >= 0.6 is 0 Å². The molecule has 1 aliphatic carbocycles. The number of nitrogens with zero attached hydrogens (tertiary/aromatic N) is 5. The fraction of sp³-hybridized carbons (Fsp3) is 0.519. The summed E-state index contributed by atoms with van der Waals surface area (Å²) >= 11 is 0. The molecule has 38 heavy (non-hydrogen) atoms. The van der Waals surface area contributed by atoms with Crippen molar-refractivity contribution in [1.82, 2.24) is 19.0 Å². The molecule has 0 spiro atoms. The number of fused-ring (bicyclic) bond motifs is 1. The van der Waals surface area contributed by atoms with Gasteiger partial charge in [0.1, 0.15) is 17.3 Å². The number of piperazine rings is 1. The van der Waals surface area contributed by atoms with E-state index >= 15 is 0 Å². The number of amides is 1. The second-order valence-electron chi connectivity index (χ2n) is 10.2. The molecule has 2 fully saturated rings. The van der Waals surface area contributed by atoms with Gasteiger partial charge in [0.2, 0.25) is 5.91 Å². The number of ether oxygens (including phenoxy) is 1. The molecule has 3 aromatic rings. The van der Waals surface area contributed by atoms with Crippen LogP contribution in [0.2, 0.25) is 0 Å². The van der Waals surface area contributed by atoms with Crippen LogP contribution in [0.5, 0.6) is 5.75 Å². The summed E-state index contributed by atoms with van der Waals surface area (Å²) in [7, 11) is 3.37. The predicted octanol–water partition coefficient (Wildman–Crippen LogP) is 3.92. The molecule has 1 amide bonds. The molecule has 204 valence electrons. The van der Waals surface area contributed by atoms with Gasteiger partial charge >= 0.3 is 11.9 Å². The Bertz CT molecular complexity index is 1370. The minimum absolute atomic E-state index is 0.0559. The van der Waals surface area contributed by atoms with Crippen molar-refractivity contribution in [2.75, 3.05) is 38.2 Å². The molecule has 0 bridgehead atoms. The standard InChI is InChI=1S/C27H32F3N5O3/c1-32-21-11-10-20(38-2)16-22(21)35(26(32)37)17-18-6-8-19(9-7-18)25(36)34-14-12-33(13-15-34)24-5-3-4-23(31-24)27(28,29)30/h3-5,10-11,16,18-19H,6-9,12-15,17H2,1-2H3. The number of carbonyl (C=O) groups is 1. The van der Waals surface area contributed by atoms with Gasteiger partial charge < -0.3 is 14.5 Å². The van der Waals surface area contributed by atoms with Crippen LogP contribution in [0, 0.1) is 11.8 Å². The fourth-order valence-electron chi connectivity index (χ4n) is 5.72. The highest BCUT2D eigenvalue weighted by Crippen LogP contribution is 2.33. The molecule has 0 atom stereocenters. The number of rotatable bonds is 5. The highest BCUT2D eigenvalue weighted by Gasteiger charge is 2.34. The van der Waals surface area contributed by atoms with Crippen LogP contribution in [0.25, 0.3) is 11.0 Å². The van der Waals surface area contributed by atoms with Crippen molar-refractivity contribution in [3.05, 3.63) is 52.6 Å². The van der Waals surface area contributed by atoms with Crippen LogP contribution in [0.15, 0.2) is 41.2 Å². The maximum Gasteiger partial charge on any atom is 0.433 e. The number of pyridine rings is 1. The highest BCUT2D eigenvalue weighted by molar-refractivity contribution is 5.79. The van der Waals surface area contributed by atoms with Gasteiger partial charge in [-0.05, 0) is 55.9 Å². The normalized spacial score (nSPS) is 20.7. The summed E-state index contributed by atoms with van der Waals surface area (Å²) in [6, 6.07) is 9.53. The first-order valence-electron chi connectivity index (χ1n) is 13.0. The number of hydrogen-bond acceptors (Lipinski definition) is 5. The Morgan fingerprint density at radius 2 is 1.74 bits per heavy atom. The summed E-state index contributed by atoms with van der Waals surface area (Å²) in [5.74, 6) is 1.35. The Labute approximate surface area is 218 Å². The number of aromatic nitrogens is 3. The van der Waals surface area contributed by atoms with Crippen LogP contribution < -0.4 is 15.3 Å². The first-order chi connectivity index (χ1) is 18.2. The molecule has 8 nitrogen and oxygen atoms in total. The minimum Gasteiger partial charge on any atom is -0.497 e. The SMILES string of the molecule is COc1ccc2c(c1)n(CC1CCC(C(=O)N3CCN(c4cccc(C(F)(F)F)n4)CC3)CC1)c(=O)n2C. The molecule has 1 saturated heterocycles. The number of hydrogen-bond donors (Lipinski definition) is 0. The molecule has 1 aliphatic heterocycles. The number of carbonyl (C=O) groups excluding carboxylic acids is 1. The average molecular weight is 532 g/mol. The Kier molecular flexibility index (Phi) is 7.11. The van der Waals surface area contributed by atoms with Gasteiger partial charge in [0.05, 0.1) is 18.1 Å². The summed E-state index contributed by atoms with van der Waals surface area (Å²) in [5.41, 5.74) is 0.747. The predicted molar refractivity (Wildman–Crippen MR) is 137 cm³/mol. The number of methoxy groups -OCH3 is 1. The van der Waals surface area contributed by atoms with E-state index < -0.39 is 11.9 Å². The van der Waals surface area contributed by atoms with E-state index in [1.54, 1.807) is 29.7 Å². The Balaban J connectivity index is 1.16. The van der Waals surface area contributed by atoms with E-state index in [-0.39, 0.29) is 23.3 Å². The lowest BCUT2D eigenvalue weighted by Gasteiger charge is -2.38. The Hall–Kier alpha value is -3.50. The van der Waals surface area contributed by atoms with Crippen molar-refractivity contribution in [3.8, 4) is 5.75 Å². The van der Waals surface area contributed by atoms with Gasteiger partial charge in [-0.2, -0.15) is 13.2 Å². The second-order valence-corrected chi connectivity index (χ2v) is 10.2. The quantitative estimate of drug-likeness (QED) is 0.499. The molecule has 2 aliphatic rings. The zero-order valence-electron chi connectivity index (χ0n) is 21.6. The van der Waals surface area contributed by atoms with Gasteiger partial charge in [0.15, 0.2) is 0 Å². The van der Waals surface area contributed by atoms with Crippen molar-refractivity contribution in [3.63, 3.8) is 0 Å². The number of aryl methyl sites for hydroxylation is 1. The van der Waals surface area contributed by atoms with E-state index in [1.807, 2.05) is 27.7 Å². The van der Waals surface area contributed by atoms with Gasteiger partial charge in [0, 0.05) is 51.8 Å². The third-order valence-electron chi connectivity index (χ3n) is 7.93. The summed E-state index contributed by atoms with van der Waals surface area (Å²) < 4.78 is 47.9. The molecule has 11 heteroatoms. The van der Waals surface area contributed by atoms with E-state index in [4.69, 9.17) is 4.74 Å². The van der Waals surface area contributed by atoms with Gasteiger partial charge in [-0.1, -0.05) is 6.07 Å².